The van der Waals surface area contributed by atoms with E-state index in [4.69, 9.17) is 15.2 Å². The third-order valence-corrected chi connectivity index (χ3v) is 3.59. The van der Waals surface area contributed by atoms with Crippen molar-refractivity contribution in [1.82, 2.24) is 10.2 Å². The molecule has 1 atom stereocenters. The van der Waals surface area contributed by atoms with Crippen molar-refractivity contribution in [2.24, 2.45) is 5.73 Å². The van der Waals surface area contributed by atoms with Crippen LogP contribution in [0.5, 0.6) is 0 Å². The predicted molar refractivity (Wildman–Crippen MR) is 67.0 cm³/mol. The molecule has 3 N–H and O–H groups in total. The Morgan fingerprint density at radius 3 is 2.72 bits per heavy atom. The number of carbonyl (C=O) groups is 1. The van der Waals surface area contributed by atoms with Crippen molar-refractivity contribution in [2.45, 2.75) is 31.4 Å². The Hall–Kier alpha value is -0.690. The van der Waals surface area contributed by atoms with Gasteiger partial charge < -0.3 is 20.5 Å². The Morgan fingerprint density at radius 1 is 1.33 bits per heavy atom. The van der Waals surface area contributed by atoms with Crippen LogP contribution >= 0.6 is 0 Å². The van der Waals surface area contributed by atoms with Gasteiger partial charge in [-0.1, -0.05) is 0 Å². The quantitative estimate of drug-likeness (QED) is 0.680. The minimum atomic E-state index is -0.263. The third-order valence-electron chi connectivity index (χ3n) is 3.59. The Labute approximate surface area is 108 Å². The molecule has 6 nitrogen and oxygen atoms in total. The molecule has 1 amide bonds. The molecule has 1 unspecified atom stereocenters. The monoisotopic (exact) mass is 257 g/mol. The van der Waals surface area contributed by atoms with Crippen LogP contribution < -0.4 is 11.1 Å². The van der Waals surface area contributed by atoms with Gasteiger partial charge >= 0.3 is 0 Å². The van der Waals surface area contributed by atoms with E-state index in [1.54, 1.807) is 0 Å². The highest BCUT2D eigenvalue weighted by Gasteiger charge is 2.26. The predicted octanol–water partition coefficient (Wildman–Crippen LogP) is -0.711. The number of amides is 1. The maximum atomic E-state index is 11.2. The maximum Gasteiger partial charge on any atom is 0.231 e. The van der Waals surface area contributed by atoms with E-state index in [0.717, 1.165) is 45.5 Å². The van der Waals surface area contributed by atoms with Gasteiger partial charge in [-0.3, -0.25) is 9.69 Å². The molecule has 18 heavy (non-hydrogen) atoms. The summed E-state index contributed by atoms with van der Waals surface area (Å²) in [6.45, 7) is 4.22. The number of hydrogen-bond donors (Lipinski definition) is 2. The molecular weight excluding hydrogens is 234 g/mol. The highest BCUT2D eigenvalue weighted by atomic mass is 16.7. The summed E-state index contributed by atoms with van der Waals surface area (Å²) in [5, 5.41) is 3.33. The number of nitrogens with one attached hydrogen (secondary N) is 1. The van der Waals surface area contributed by atoms with Gasteiger partial charge in [0.05, 0.1) is 19.3 Å². The van der Waals surface area contributed by atoms with Gasteiger partial charge in [0.1, 0.15) is 6.79 Å². The second-order valence-electron chi connectivity index (χ2n) is 4.98. The van der Waals surface area contributed by atoms with E-state index in [-0.39, 0.29) is 12.0 Å². The minimum Gasteiger partial charge on any atom is -0.369 e. The second kappa shape index (κ2) is 7.04. The van der Waals surface area contributed by atoms with Crippen molar-refractivity contribution in [2.75, 3.05) is 39.6 Å². The number of primary amides is 1. The molecule has 0 aromatic carbocycles. The van der Waals surface area contributed by atoms with Gasteiger partial charge in [0.15, 0.2) is 0 Å². The lowest BCUT2D eigenvalue weighted by molar-refractivity contribution is -0.148. The Kier molecular flexibility index (Phi) is 5.37. The van der Waals surface area contributed by atoms with E-state index in [0.29, 0.717) is 19.4 Å². The van der Waals surface area contributed by atoms with Gasteiger partial charge in [0, 0.05) is 12.6 Å². The van der Waals surface area contributed by atoms with Gasteiger partial charge in [-0.15, -0.1) is 0 Å². The molecule has 2 rings (SSSR count). The SMILES string of the molecule is NC(=O)CN(CC1CCOCO1)C1CCNCC1. The van der Waals surface area contributed by atoms with Crippen molar-refractivity contribution in [3.8, 4) is 0 Å². The molecule has 0 aliphatic carbocycles. The van der Waals surface area contributed by atoms with Gasteiger partial charge in [-0.25, -0.2) is 0 Å². The van der Waals surface area contributed by atoms with Crippen LogP contribution in [0.3, 0.4) is 0 Å². The van der Waals surface area contributed by atoms with Crippen molar-refractivity contribution in [3.05, 3.63) is 0 Å². The highest BCUT2D eigenvalue weighted by Crippen LogP contribution is 2.15. The lowest BCUT2D eigenvalue weighted by Crippen LogP contribution is -2.50. The Morgan fingerprint density at radius 2 is 2.11 bits per heavy atom. The fraction of sp³-hybridized carbons (Fsp3) is 0.917. The maximum absolute atomic E-state index is 11.2. The first kappa shape index (κ1) is 13.7. The van der Waals surface area contributed by atoms with E-state index >= 15 is 0 Å². The number of hydrogen-bond acceptors (Lipinski definition) is 5. The van der Waals surface area contributed by atoms with Crippen LogP contribution in [0.2, 0.25) is 0 Å². The van der Waals surface area contributed by atoms with Gasteiger partial charge in [0.2, 0.25) is 5.91 Å². The van der Waals surface area contributed by atoms with Crippen LogP contribution in [-0.4, -0.2) is 62.5 Å². The zero-order chi connectivity index (χ0) is 12.8. The molecular formula is C12H23N3O3. The zero-order valence-corrected chi connectivity index (χ0v) is 10.8. The number of nitrogens with two attached hydrogens (primary N) is 1. The first-order chi connectivity index (χ1) is 8.75. The number of ether oxygens (including phenoxy) is 2. The first-order valence-electron chi connectivity index (χ1n) is 6.68. The second-order valence-corrected chi connectivity index (χ2v) is 4.98. The van der Waals surface area contributed by atoms with E-state index in [9.17, 15) is 4.79 Å². The number of rotatable bonds is 5. The first-order valence-corrected chi connectivity index (χ1v) is 6.68. The molecule has 2 heterocycles. The van der Waals surface area contributed by atoms with Gasteiger partial charge in [-0.05, 0) is 32.4 Å². The topological polar surface area (TPSA) is 76.8 Å². The molecule has 6 heteroatoms. The molecule has 0 aromatic rings. The number of piperidine rings is 1. The molecule has 2 saturated heterocycles. The van der Waals surface area contributed by atoms with Crippen LogP contribution in [-0.2, 0) is 14.3 Å². The Bertz CT molecular complexity index is 263. The third kappa shape index (κ3) is 4.20. The largest absolute Gasteiger partial charge is 0.369 e. The fourth-order valence-corrected chi connectivity index (χ4v) is 2.62. The molecule has 0 bridgehead atoms. The van der Waals surface area contributed by atoms with Gasteiger partial charge in [0.25, 0.3) is 0 Å². The van der Waals surface area contributed by atoms with E-state index in [1.807, 2.05) is 0 Å². The van der Waals surface area contributed by atoms with Crippen molar-refractivity contribution in [1.29, 1.82) is 0 Å². The van der Waals surface area contributed by atoms with Crippen LogP contribution in [0.25, 0.3) is 0 Å². The molecule has 0 spiro atoms. The molecule has 0 aromatic heterocycles. The van der Waals surface area contributed by atoms with Crippen LogP contribution in [0.15, 0.2) is 0 Å². The Balaban J connectivity index is 1.88. The fourth-order valence-electron chi connectivity index (χ4n) is 2.62. The minimum absolute atomic E-state index is 0.160. The van der Waals surface area contributed by atoms with Crippen LogP contribution in [0.1, 0.15) is 19.3 Å². The molecule has 0 radical (unpaired) electrons. The van der Waals surface area contributed by atoms with Crippen LogP contribution in [0.4, 0.5) is 0 Å². The highest BCUT2D eigenvalue weighted by molar-refractivity contribution is 5.75. The normalized spacial score (nSPS) is 26.4. The molecule has 104 valence electrons. The van der Waals surface area contributed by atoms with E-state index in [2.05, 4.69) is 10.2 Å². The smallest absolute Gasteiger partial charge is 0.231 e. The molecule has 2 aliphatic heterocycles. The average Bonchev–Trinajstić information content (AvgIpc) is 2.40. The summed E-state index contributed by atoms with van der Waals surface area (Å²) >= 11 is 0. The van der Waals surface area contributed by atoms with Crippen molar-refractivity contribution < 1.29 is 14.3 Å². The summed E-state index contributed by atoms with van der Waals surface area (Å²) in [5.41, 5.74) is 5.34. The lowest BCUT2D eigenvalue weighted by atomic mass is 10.0. The molecule has 2 fully saturated rings. The summed E-state index contributed by atoms with van der Waals surface area (Å²) in [6, 6.07) is 0.435. The van der Waals surface area contributed by atoms with Gasteiger partial charge in [-0.2, -0.15) is 0 Å². The van der Waals surface area contributed by atoms with Crippen molar-refractivity contribution in [3.63, 3.8) is 0 Å². The molecule has 0 saturated carbocycles. The molecule has 2 aliphatic rings. The lowest BCUT2D eigenvalue weighted by Gasteiger charge is -2.36. The number of nitrogens with zero attached hydrogens (tertiary/aromatic N) is 1. The zero-order valence-electron chi connectivity index (χ0n) is 10.8. The summed E-state index contributed by atoms with van der Waals surface area (Å²) in [4.78, 5) is 13.4. The summed E-state index contributed by atoms with van der Waals surface area (Å²) in [5.74, 6) is -0.263. The summed E-state index contributed by atoms with van der Waals surface area (Å²) < 4.78 is 10.7. The summed E-state index contributed by atoms with van der Waals surface area (Å²) in [6.07, 6.45) is 3.18. The van der Waals surface area contributed by atoms with E-state index in [1.165, 1.54) is 0 Å². The van der Waals surface area contributed by atoms with E-state index < -0.39 is 0 Å². The van der Waals surface area contributed by atoms with Crippen LogP contribution in [0, 0.1) is 0 Å². The number of carbonyl (C=O) groups excluding carboxylic acids is 1. The standard InChI is InChI=1S/C12H23N3O3/c13-12(16)8-15(10-1-4-14-5-2-10)7-11-3-6-17-9-18-11/h10-11,14H,1-9H2,(H2,13,16). The van der Waals surface area contributed by atoms with Crippen molar-refractivity contribution >= 4 is 5.91 Å². The summed E-state index contributed by atoms with van der Waals surface area (Å²) in [7, 11) is 0. The average molecular weight is 257 g/mol.